The van der Waals surface area contributed by atoms with Crippen molar-refractivity contribution in [2.24, 2.45) is 0 Å². The van der Waals surface area contributed by atoms with E-state index in [1.807, 2.05) is 0 Å². The molecule has 3 rings (SSSR count). The predicted octanol–water partition coefficient (Wildman–Crippen LogP) is -0.814. The number of aromatic nitrogens is 2. The summed E-state index contributed by atoms with van der Waals surface area (Å²) in [7, 11) is 0. The van der Waals surface area contributed by atoms with Crippen LogP contribution in [0.5, 0.6) is 0 Å². The van der Waals surface area contributed by atoms with Crippen molar-refractivity contribution in [2.45, 2.75) is 37.1 Å². The fraction of sp³-hybridized carbons (Fsp3) is 0.778. The van der Waals surface area contributed by atoms with Crippen molar-refractivity contribution in [3.05, 3.63) is 6.20 Å². The minimum atomic E-state index is -0.995. The maximum atomic E-state index is 10.1. The van der Waals surface area contributed by atoms with Crippen LogP contribution in [0.2, 0.25) is 0 Å². The largest absolute Gasteiger partial charge is 0.388 e. The highest BCUT2D eigenvalue weighted by Crippen LogP contribution is 2.37. The third kappa shape index (κ3) is 1.72. The quantitative estimate of drug-likeness (QED) is 0.639. The summed E-state index contributed by atoms with van der Waals surface area (Å²) < 4.78 is 18.9. The summed E-state index contributed by atoms with van der Waals surface area (Å²) in [6, 6.07) is -0.551. The second-order valence-electron chi connectivity index (χ2n) is 4.51. The molecule has 0 unspecified atom stereocenters. The van der Waals surface area contributed by atoms with Crippen LogP contribution < -0.4 is 5.32 Å². The van der Waals surface area contributed by atoms with Crippen molar-refractivity contribution in [3.8, 4) is 0 Å². The molecule has 0 amide bonds. The van der Waals surface area contributed by atoms with Gasteiger partial charge in [0.2, 0.25) is 0 Å². The maximum Gasteiger partial charge on any atom is 0.181 e. The van der Waals surface area contributed by atoms with Crippen LogP contribution in [0.25, 0.3) is 0 Å². The van der Waals surface area contributed by atoms with Gasteiger partial charge in [-0.2, -0.15) is 8.75 Å². The van der Waals surface area contributed by atoms with Gasteiger partial charge in [0.05, 0.1) is 24.5 Å². The van der Waals surface area contributed by atoms with Gasteiger partial charge in [-0.05, 0) is 6.92 Å². The van der Waals surface area contributed by atoms with Crippen LogP contribution in [0.1, 0.15) is 6.92 Å². The lowest BCUT2D eigenvalue weighted by Gasteiger charge is -2.41. The van der Waals surface area contributed by atoms with E-state index in [4.69, 9.17) is 9.47 Å². The Morgan fingerprint density at radius 3 is 3.12 bits per heavy atom. The van der Waals surface area contributed by atoms with Gasteiger partial charge < -0.3 is 25.0 Å². The van der Waals surface area contributed by atoms with E-state index >= 15 is 0 Å². The van der Waals surface area contributed by atoms with Crippen LogP contribution in [0.4, 0.5) is 5.82 Å². The molecule has 0 radical (unpaired) electrons. The van der Waals surface area contributed by atoms with E-state index < -0.39 is 30.1 Å². The summed E-state index contributed by atoms with van der Waals surface area (Å²) in [5.41, 5.74) is -0.831. The van der Waals surface area contributed by atoms with E-state index in [1.54, 1.807) is 13.1 Å². The predicted molar refractivity (Wildman–Crippen MR) is 58.6 cm³/mol. The van der Waals surface area contributed by atoms with Crippen LogP contribution >= 0.6 is 11.7 Å². The highest BCUT2D eigenvalue weighted by Gasteiger charge is 2.56. The fourth-order valence-electron chi connectivity index (χ4n) is 2.18. The molecule has 8 heteroatoms. The van der Waals surface area contributed by atoms with Crippen molar-refractivity contribution < 1.29 is 19.7 Å². The first-order valence-corrected chi connectivity index (χ1v) is 6.03. The molecule has 94 valence electrons. The van der Waals surface area contributed by atoms with Crippen LogP contribution in [-0.2, 0) is 9.47 Å². The van der Waals surface area contributed by atoms with Crippen molar-refractivity contribution in [1.29, 1.82) is 0 Å². The van der Waals surface area contributed by atoms with Gasteiger partial charge in [0.15, 0.2) is 12.1 Å². The fourth-order valence-corrected chi connectivity index (χ4v) is 2.57. The Bertz CT molecular complexity index is 403. The number of nitrogens with zero attached hydrogens (tertiary/aromatic N) is 2. The van der Waals surface area contributed by atoms with Crippen LogP contribution in [0, 0.1) is 0 Å². The average Bonchev–Trinajstić information content (AvgIpc) is 2.91. The standard InChI is InChI=1S/C9H13N3O4S/c1-9-3-15-8(16-9)5(6(13)7(9)14)11-4-2-10-17-12-4/h2,5-8,13-14H,3H2,1H3,(H,11,12)/t5-,6+,7+,8-,9-/m0/s1. The Hall–Kier alpha value is -0.800. The SMILES string of the molecule is C[C@@]12CO[C@@H](O1)[C@@H](Nc1cnsn1)[C@@H](O)[C@H]2O. The van der Waals surface area contributed by atoms with Gasteiger partial charge in [-0.3, -0.25) is 0 Å². The van der Waals surface area contributed by atoms with E-state index in [2.05, 4.69) is 14.1 Å². The number of rotatable bonds is 2. The normalized spacial score (nSPS) is 44.9. The van der Waals surface area contributed by atoms with E-state index in [-0.39, 0.29) is 6.61 Å². The molecule has 2 bridgehead atoms. The molecular weight excluding hydrogens is 246 g/mol. The zero-order valence-electron chi connectivity index (χ0n) is 9.11. The van der Waals surface area contributed by atoms with Crippen molar-refractivity contribution in [2.75, 3.05) is 11.9 Å². The molecule has 1 aromatic heterocycles. The molecule has 3 N–H and O–H groups in total. The third-order valence-electron chi connectivity index (χ3n) is 3.21. The Kier molecular flexibility index (Phi) is 2.56. The number of anilines is 1. The Balaban J connectivity index is 1.81. The second-order valence-corrected chi connectivity index (χ2v) is 5.06. The van der Waals surface area contributed by atoms with Gasteiger partial charge in [-0.1, -0.05) is 0 Å². The van der Waals surface area contributed by atoms with Crippen LogP contribution in [0.15, 0.2) is 6.20 Å². The number of fused-ring (bicyclic) bond motifs is 2. The van der Waals surface area contributed by atoms with E-state index in [0.29, 0.717) is 5.82 Å². The van der Waals surface area contributed by atoms with E-state index in [0.717, 1.165) is 11.7 Å². The second kappa shape index (κ2) is 3.85. The topological polar surface area (TPSA) is 96.7 Å². The molecule has 7 nitrogen and oxygen atoms in total. The lowest BCUT2D eigenvalue weighted by molar-refractivity contribution is -0.208. The Labute approximate surface area is 102 Å². The highest BCUT2D eigenvalue weighted by atomic mass is 32.1. The summed E-state index contributed by atoms with van der Waals surface area (Å²) >= 11 is 1.06. The molecule has 0 saturated carbocycles. The molecule has 0 spiro atoms. The molecule has 2 aliphatic heterocycles. The maximum absolute atomic E-state index is 10.1. The summed E-state index contributed by atoms with van der Waals surface area (Å²) in [5, 5.41) is 23.0. The number of aliphatic hydroxyl groups is 2. The smallest absolute Gasteiger partial charge is 0.181 e. The van der Waals surface area contributed by atoms with Crippen molar-refractivity contribution in [1.82, 2.24) is 8.75 Å². The number of nitrogens with one attached hydrogen (secondary N) is 1. The van der Waals surface area contributed by atoms with Crippen LogP contribution in [0.3, 0.4) is 0 Å². The monoisotopic (exact) mass is 259 g/mol. The molecule has 5 atom stereocenters. The van der Waals surface area contributed by atoms with Gasteiger partial charge in [0.25, 0.3) is 0 Å². The van der Waals surface area contributed by atoms with Gasteiger partial charge >= 0.3 is 0 Å². The third-order valence-corrected chi connectivity index (χ3v) is 3.68. The molecule has 0 aromatic carbocycles. The molecule has 2 aliphatic rings. The van der Waals surface area contributed by atoms with Gasteiger partial charge in [-0.15, -0.1) is 0 Å². The molecule has 2 fully saturated rings. The number of aliphatic hydroxyl groups excluding tert-OH is 2. The zero-order chi connectivity index (χ0) is 12.0. The summed E-state index contributed by atoms with van der Waals surface area (Å²) in [4.78, 5) is 0. The van der Waals surface area contributed by atoms with Crippen molar-refractivity contribution >= 4 is 17.5 Å². The van der Waals surface area contributed by atoms with Gasteiger partial charge in [0.1, 0.15) is 23.9 Å². The zero-order valence-corrected chi connectivity index (χ0v) is 9.92. The van der Waals surface area contributed by atoms with E-state index in [9.17, 15) is 10.2 Å². The minimum Gasteiger partial charge on any atom is -0.388 e. The minimum absolute atomic E-state index is 0.267. The number of hydrogen-bond donors (Lipinski definition) is 3. The van der Waals surface area contributed by atoms with Gasteiger partial charge in [-0.25, -0.2) is 0 Å². The van der Waals surface area contributed by atoms with E-state index in [1.165, 1.54) is 0 Å². The molecule has 3 heterocycles. The Morgan fingerprint density at radius 1 is 1.59 bits per heavy atom. The first kappa shape index (κ1) is 11.3. The average molecular weight is 259 g/mol. The molecular formula is C9H13N3O4S. The Morgan fingerprint density at radius 2 is 2.41 bits per heavy atom. The highest BCUT2D eigenvalue weighted by molar-refractivity contribution is 6.99. The molecule has 17 heavy (non-hydrogen) atoms. The number of ether oxygens (including phenoxy) is 2. The molecule has 1 aromatic rings. The summed E-state index contributed by atoms with van der Waals surface area (Å²) in [5.74, 6) is 0.536. The van der Waals surface area contributed by atoms with Crippen molar-refractivity contribution in [3.63, 3.8) is 0 Å². The summed E-state index contributed by atoms with van der Waals surface area (Å²) in [6.07, 6.45) is -1.000. The summed E-state index contributed by atoms with van der Waals surface area (Å²) in [6.45, 7) is 1.99. The first-order chi connectivity index (χ1) is 8.10. The van der Waals surface area contributed by atoms with Gasteiger partial charge in [0, 0.05) is 0 Å². The molecule has 0 aliphatic carbocycles. The lowest BCUT2D eigenvalue weighted by Crippen LogP contribution is -2.61. The lowest BCUT2D eigenvalue weighted by atomic mass is 9.89. The van der Waals surface area contributed by atoms with Crippen LogP contribution in [-0.4, -0.2) is 55.7 Å². The first-order valence-electron chi connectivity index (χ1n) is 5.30. The molecule has 2 saturated heterocycles. The number of hydrogen-bond acceptors (Lipinski definition) is 8.